The van der Waals surface area contributed by atoms with Gasteiger partial charge in [0.2, 0.25) is 0 Å². The third-order valence-corrected chi connectivity index (χ3v) is 3.13. The van der Waals surface area contributed by atoms with E-state index in [1.807, 2.05) is 24.3 Å². The summed E-state index contributed by atoms with van der Waals surface area (Å²) in [4.78, 5) is 0. The molecule has 0 aliphatic carbocycles. The van der Waals surface area contributed by atoms with Crippen LogP contribution in [-0.2, 0) is 0 Å². The fourth-order valence-electron chi connectivity index (χ4n) is 1.67. The Morgan fingerprint density at radius 1 is 1.33 bits per heavy atom. The summed E-state index contributed by atoms with van der Waals surface area (Å²) >= 11 is 5.94. The molecule has 0 saturated heterocycles. The first-order valence-corrected chi connectivity index (χ1v) is 6.93. The molecule has 3 heteroatoms. The second-order valence-corrected chi connectivity index (χ2v) is 6.08. The Morgan fingerprint density at radius 3 is 2.61 bits per heavy atom. The molecule has 18 heavy (non-hydrogen) atoms. The number of hydrogen-bond donors (Lipinski definition) is 1. The molecule has 1 aromatic carbocycles. The summed E-state index contributed by atoms with van der Waals surface area (Å²) in [6.07, 6.45) is 1.13. The molecule has 2 nitrogen and oxygen atoms in total. The predicted molar refractivity (Wildman–Crippen MR) is 78.5 cm³/mol. The molecule has 1 rings (SSSR count). The van der Waals surface area contributed by atoms with E-state index in [0.29, 0.717) is 17.7 Å². The quantitative estimate of drug-likeness (QED) is 0.838. The van der Waals surface area contributed by atoms with Crippen LogP contribution < -0.4 is 10.1 Å². The first-order chi connectivity index (χ1) is 8.43. The van der Waals surface area contributed by atoms with E-state index in [1.165, 1.54) is 0 Å². The van der Waals surface area contributed by atoms with E-state index in [2.05, 4.69) is 33.0 Å². The molecule has 0 amide bonds. The van der Waals surface area contributed by atoms with Gasteiger partial charge >= 0.3 is 0 Å². The number of nitrogens with one attached hydrogen (secondary N) is 1. The molecule has 0 fully saturated rings. The van der Waals surface area contributed by atoms with Crippen molar-refractivity contribution < 1.29 is 4.74 Å². The molecule has 1 atom stereocenters. The van der Waals surface area contributed by atoms with Gasteiger partial charge in [-0.05, 0) is 36.6 Å². The third-order valence-electron chi connectivity index (χ3n) is 2.90. The monoisotopic (exact) mass is 269 g/mol. The van der Waals surface area contributed by atoms with E-state index in [0.717, 1.165) is 18.7 Å². The number of hydrogen-bond acceptors (Lipinski definition) is 2. The smallest absolute Gasteiger partial charge is 0.120 e. The predicted octanol–water partition coefficient (Wildman–Crippen LogP) is 4.13. The van der Waals surface area contributed by atoms with Crippen molar-refractivity contribution in [2.24, 2.45) is 5.41 Å². The average molecular weight is 270 g/mol. The van der Waals surface area contributed by atoms with Crippen molar-refractivity contribution >= 4 is 11.6 Å². The van der Waals surface area contributed by atoms with Crippen LogP contribution in [0, 0.1) is 5.41 Å². The van der Waals surface area contributed by atoms with E-state index in [1.54, 1.807) is 0 Å². The molecule has 0 aliphatic rings. The van der Waals surface area contributed by atoms with Gasteiger partial charge in [-0.1, -0.05) is 45.4 Å². The van der Waals surface area contributed by atoms with Crippen molar-refractivity contribution in [3.8, 4) is 5.75 Å². The van der Waals surface area contributed by atoms with Crippen LogP contribution in [0.3, 0.4) is 0 Å². The maximum atomic E-state index is 5.94. The van der Waals surface area contributed by atoms with Crippen molar-refractivity contribution in [3.63, 3.8) is 0 Å². The Hall–Kier alpha value is -0.730. The minimum atomic E-state index is 0.174. The van der Waals surface area contributed by atoms with Gasteiger partial charge in [0.15, 0.2) is 0 Å². The zero-order chi connectivity index (χ0) is 13.6. The van der Waals surface area contributed by atoms with E-state index in [-0.39, 0.29) is 5.41 Å². The zero-order valence-electron chi connectivity index (χ0n) is 11.8. The standard InChI is InChI=1S/C15H24ClNO/c1-5-9-17-14(15(2,3)4)11-18-13-8-6-7-12(16)10-13/h6-8,10,14,17H,5,9,11H2,1-4H3. The lowest BCUT2D eigenvalue weighted by atomic mass is 9.87. The maximum Gasteiger partial charge on any atom is 0.120 e. The van der Waals surface area contributed by atoms with Gasteiger partial charge in [-0.2, -0.15) is 0 Å². The molecule has 0 bridgehead atoms. The van der Waals surface area contributed by atoms with E-state index in [9.17, 15) is 0 Å². The lowest BCUT2D eigenvalue weighted by molar-refractivity contribution is 0.174. The largest absolute Gasteiger partial charge is 0.492 e. The number of ether oxygens (including phenoxy) is 1. The molecule has 0 aromatic heterocycles. The molecular weight excluding hydrogens is 246 g/mol. The van der Waals surface area contributed by atoms with Crippen LogP contribution in [-0.4, -0.2) is 19.2 Å². The van der Waals surface area contributed by atoms with Gasteiger partial charge in [0, 0.05) is 11.1 Å². The lowest BCUT2D eigenvalue weighted by Crippen LogP contribution is -2.45. The lowest BCUT2D eigenvalue weighted by Gasteiger charge is -2.31. The molecule has 0 radical (unpaired) electrons. The highest BCUT2D eigenvalue weighted by Gasteiger charge is 2.24. The van der Waals surface area contributed by atoms with Crippen molar-refractivity contribution in [2.75, 3.05) is 13.2 Å². The molecule has 0 spiro atoms. The molecule has 1 aromatic rings. The van der Waals surface area contributed by atoms with Crippen LogP contribution in [0.15, 0.2) is 24.3 Å². The average Bonchev–Trinajstić information content (AvgIpc) is 2.27. The second-order valence-electron chi connectivity index (χ2n) is 5.64. The van der Waals surface area contributed by atoms with Gasteiger partial charge in [-0.3, -0.25) is 0 Å². The van der Waals surface area contributed by atoms with Crippen LogP contribution in [0.1, 0.15) is 34.1 Å². The van der Waals surface area contributed by atoms with Gasteiger partial charge < -0.3 is 10.1 Å². The van der Waals surface area contributed by atoms with E-state index < -0.39 is 0 Å². The zero-order valence-corrected chi connectivity index (χ0v) is 12.6. The van der Waals surface area contributed by atoms with Gasteiger partial charge in [0.05, 0.1) is 0 Å². The Kier molecular flexibility index (Phi) is 5.97. The summed E-state index contributed by atoms with van der Waals surface area (Å²) in [5.74, 6) is 0.829. The van der Waals surface area contributed by atoms with Crippen LogP contribution >= 0.6 is 11.6 Å². The topological polar surface area (TPSA) is 21.3 Å². The van der Waals surface area contributed by atoms with E-state index in [4.69, 9.17) is 16.3 Å². The molecule has 102 valence electrons. The minimum absolute atomic E-state index is 0.174. The number of benzene rings is 1. The first kappa shape index (κ1) is 15.3. The van der Waals surface area contributed by atoms with Gasteiger partial charge in [-0.25, -0.2) is 0 Å². The van der Waals surface area contributed by atoms with Crippen molar-refractivity contribution in [1.82, 2.24) is 5.32 Å². The highest BCUT2D eigenvalue weighted by Crippen LogP contribution is 2.22. The summed E-state index contributed by atoms with van der Waals surface area (Å²) in [7, 11) is 0. The number of halogens is 1. The second kappa shape index (κ2) is 7.01. The minimum Gasteiger partial charge on any atom is -0.492 e. The van der Waals surface area contributed by atoms with Gasteiger partial charge in [-0.15, -0.1) is 0 Å². The van der Waals surface area contributed by atoms with Crippen molar-refractivity contribution in [3.05, 3.63) is 29.3 Å². The Balaban J connectivity index is 2.56. The Bertz CT molecular complexity index is 360. The number of rotatable bonds is 6. The van der Waals surface area contributed by atoms with Crippen LogP contribution in [0.4, 0.5) is 0 Å². The summed E-state index contributed by atoms with van der Waals surface area (Å²) in [5.41, 5.74) is 0.174. The van der Waals surface area contributed by atoms with Gasteiger partial charge in [0.1, 0.15) is 12.4 Å². The third kappa shape index (κ3) is 5.28. The first-order valence-electron chi connectivity index (χ1n) is 6.55. The fourth-order valence-corrected chi connectivity index (χ4v) is 1.85. The Labute approximate surface area is 116 Å². The SMILES string of the molecule is CCCNC(COc1cccc(Cl)c1)C(C)(C)C. The molecule has 0 saturated carbocycles. The normalized spacial score (nSPS) is 13.4. The highest BCUT2D eigenvalue weighted by atomic mass is 35.5. The molecular formula is C15H24ClNO. The van der Waals surface area contributed by atoms with Crippen LogP contribution in [0.2, 0.25) is 5.02 Å². The van der Waals surface area contributed by atoms with Crippen LogP contribution in [0.5, 0.6) is 5.75 Å². The van der Waals surface area contributed by atoms with Crippen molar-refractivity contribution in [2.45, 2.75) is 40.2 Å². The summed E-state index contributed by atoms with van der Waals surface area (Å²) in [6, 6.07) is 7.87. The van der Waals surface area contributed by atoms with Crippen molar-refractivity contribution in [1.29, 1.82) is 0 Å². The summed E-state index contributed by atoms with van der Waals surface area (Å²) in [5, 5.41) is 4.25. The fraction of sp³-hybridized carbons (Fsp3) is 0.600. The molecule has 1 N–H and O–H groups in total. The maximum absolute atomic E-state index is 5.94. The van der Waals surface area contributed by atoms with E-state index >= 15 is 0 Å². The Morgan fingerprint density at radius 2 is 2.06 bits per heavy atom. The molecule has 0 heterocycles. The van der Waals surface area contributed by atoms with Crippen LogP contribution in [0.25, 0.3) is 0 Å². The molecule has 1 unspecified atom stereocenters. The molecule has 0 aliphatic heterocycles. The summed E-state index contributed by atoms with van der Waals surface area (Å²) in [6.45, 7) is 10.5. The summed E-state index contributed by atoms with van der Waals surface area (Å²) < 4.78 is 5.83. The van der Waals surface area contributed by atoms with Gasteiger partial charge in [0.25, 0.3) is 0 Å². The highest BCUT2D eigenvalue weighted by molar-refractivity contribution is 6.30.